The normalized spacial score (nSPS) is 9.71. The fraction of sp³-hybridized carbons (Fsp3) is 0.118. The molecule has 0 spiro atoms. The number of carbonyl (C=O) groups excluding carboxylic acids is 2. The highest BCUT2D eigenvalue weighted by Crippen LogP contribution is 2.20. The minimum Gasteiger partial charge on any atom is -0.465 e. The number of nitriles is 1. The molecule has 0 unspecified atom stereocenters. The van der Waals surface area contributed by atoms with Crippen molar-refractivity contribution < 1.29 is 14.3 Å². The number of nitrogens with zero attached hydrogens (tertiary/aromatic N) is 1. The highest BCUT2D eigenvalue weighted by Gasteiger charge is 2.07. The first-order valence-electron chi connectivity index (χ1n) is 6.95. The predicted octanol–water partition coefficient (Wildman–Crippen LogP) is 3.05. The summed E-state index contributed by atoms with van der Waals surface area (Å²) in [6.07, 6.45) is 0. The number of halogens is 1. The molecule has 2 rings (SSSR count). The fourth-order valence-corrected chi connectivity index (χ4v) is 2.14. The molecule has 24 heavy (non-hydrogen) atoms. The van der Waals surface area contributed by atoms with Gasteiger partial charge in [-0.1, -0.05) is 11.6 Å². The maximum atomic E-state index is 11.9. The first-order chi connectivity index (χ1) is 11.5. The second kappa shape index (κ2) is 7.99. The Morgan fingerprint density at radius 2 is 1.83 bits per heavy atom. The smallest absolute Gasteiger partial charge is 0.337 e. The predicted molar refractivity (Wildman–Crippen MR) is 91.1 cm³/mol. The Morgan fingerprint density at radius 3 is 2.42 bits per heavy atom. The van der Waals surface area contributed by atoms with Gasteiger partial charge < -0.3 is 15.4 Å². The van der Waals surface area contributed by atoms with E-state index >= 15 is 0 Å². The van der Waals surface area contributed by atoms with Gasteiger partial charge in [-0.05, 0) is 42.5 Å². The number of hydrogen-bond acceptors (Lipinski definition) is 5. The fourth-order valence-electron chi connectivity index (χ4n) is 1.91. The number of hydrogen-bond donors (Lipinski definition) is 2. The van der Waals surface area contributed by atoms with Crippen LogP contribution in [0.3, 0.4) is 0 Å². The average molecular weight is 344 g/mol. The van der Waals surface area contributed by atoms with Crippen molar-refractivity contribution in [2.24, 2.45) is 0 Å². The quantitative estimate of drug-likeness (QED) is 0.814. The van der Waals surface area contributed by atoms with Crippen molar-refractivity contribution in [3.63, 3.8) is 0 Å². The number of carbonyl (C=O) groups is 2. The van der Waals surface area contributed by atoms with Crippen LogP contribution < -0.4 is 10.6 Å². The molecule has 0 aromatic heterocycles. The summed E-state index contributed by atoms with van der Waals surface area (Å²) in [5, 5.41) is 14.7. The van der Waals surface area contributed by atoms with Crippen molar-refractivity contribution in [1.29, 1.82) is 5.26 Å². The highest BCUT2D eigenvalue weighted by atomic mass is 35.5. The van der Waals surface area contributed by atoms with Crippen molar-refractivity contribution in [3.05, 3.63) is 58.6 Å². The molecule has 0 heterocycles. The molecule has 6 nitrogen and oxygen atoms in total. The SMILES string of the molecule is COC(=O)c1ccc(NCC(=O)Nc2ccc(C#N)c(Cl)c2)cc1. The molecule has 1 amide bonds. The Kier molecular flexibility index (Phi) is 5.77. The minimum absolute atomic E-state index is 0.0369. The highest BCUT2D eigenvalue weighted by molar-refractivity contribution is 6.32. The summed E-state index contributed by atoms with van der Waals surface area (Å²) in [7, 11) is 1.31. The molecule has 0 saturated carbocycles. The lowest BCUT2D eigenvalue weighted by Crippen LogP contribution is -2.21. The summed E-state index contributed by atoms with van der Waals surface area (Å²) >= 11 is 5.91. The number of ether oxygens (including phenoxy) is 1. The number of amides is 1. The summed E-state index contributed by atoms with van der Waals surface area (Å²) < 4.78 is 4.61. The van der Waals surface area contributed by atoms with E-state index in [2.05, 4.69) is 15.4 Å². The van der Waals surface area contributed by atoms with E-state index in [9.17, 15) is 9.59 Å². The standard InChI is InChI=1S/C17H14ClN3O3/c1-24-17(23)11-2-5-13(6-3-11)20-10-16(22)21-14-7-4-12(9-19)15(18)8-14/h2-8,20H,10H2,1H3,(H,21,22). The molecule has 0 aliphatic carbocycles. The topological polar surface area (TPSA) is 91.2 Å². The van der Waals surface area contributed by atoms with Gasteiger partial charge in [-0.25, -0.2) is 4.79 Å². The van der Waals surface area contributed by atoms with E-state index in [4.69, 9.17) is 16.9 Å². The van der Waals surface area contributed by atoms with Gasteiger partial charge in [-0.3, -0.25) is 4.79 Å². The Bertz CT molecular complexity index is 798. The van der Waals surface area contributed by atoms with Gasteiger partial charge >= 0.3 is 5.97 Å². The van der Waals surface area contributed by atoms with Gasteiger partial charge in [0.25, 0.3) is 0 Å². The zero-order chi connectivity index (χ0) is 17.5. The molecule has 0 radical (unpaired) electrons. The third-order valence-electron chi connectivity index (χ3n) is 3.13. The van der Waals surface area contributed by atoms with Gasteiger partial charge in [0.15, 0.2) is 0 Å². The molecule has 0 saturated heterocycles. The zero-order valence-corrected chi connectivity index (χ0v) is 13.6. The van der Waals surface area contributed by atoms with Crippen LogP contribution in [0, 0.1) is 11.3 Å². The third kappa shape index (κ3) is 4.48. The Labute approximate surface area is 144 Å². The molecule has 0 aliphatic heterocycles. The molecular weight excluding hydrogens is 330 g/mol. The molecule has 2 aromatic carbocycles. The first-order valence-corrected chi connectivity index (χ1v) is 7.33. The van der Waals surface area contributed by atoms with Gasteiger partial charge in [-0.2, -0.15) is 5.26 Å². The van der Waals surface area contributed by atoms with Crippen LogP contribution in [-0.4, -0.2) is 25.5 Å². The molecule has 2 aromatic rings. The van der Waals surface area contributed by atoms with Gasteiger partial charge in [0.05, 0.1) is 29.8 Å². The van der Waals surface area contributed by atoms with Crippen molar-refractivity contribution in [1.82, 2.24) is 0 Å². The van der Waals surface area contributed by atoms with E-state index < -0.39 is 5.97 Å². The van der Waals surface area contributed by atoms with Crippen LogP contribution in [0.2, 0.25) is 5.02 Å². The number of benzene rings is 2. The van der Waals surface area contributed by atoms with Crippen LogP contribution in [0.1, 0.15) is 15.9 Å². The number of rotatable bonds is 5. The maximum absolute atomic E-state index is 11.9. The first kappa shape index (κ1) is 17.3. The number of esters is 1. The van der Waals surface area contributed by atoms with Gasteiger partial charge in [0.2, 0.25) is 5.91 Å². The number of methoxy groups -OCH3 is 1. The molecule has 0 bridgehead atoms. The van der Waals surface area contributed by atoms with Crippen LogP contribution in [-0.2, 0) is 9.53 Å². The van der Waals surface area contributed by atoms with Gasteiger partial charge in [0.1, 0.15) is 6.07 Å². The summed E-state index contributed by atoms with van der Waals surface area (Å²) in [6.45, 7) is 0.0369. The van der Waals surface area contributed by atoms with E-state index in [1.165, 1.54) is 19.2 Å². The third-order valence-corrected chi connectivity index (χ3v) is 3.45. The summed E-state index contributed by atoms with van der Waals surface area (Å²) in [4.78, 5) is 23.2. The van der Waals surface area contributed by atoms with E-state index in [0.717, 1.165) is 0 Å². The lowest BCUT2D eigenvalue weighted by atomic mass is 10.2. The second-order valence-electron chi connectivity index (χ2n) is 4.78. The van der Waals surface area contributed by atoms with Crippen LogP contribution in [0.5, 0.6) is 0 Å². The van der Waals surface area contributed by atoms with Crippen molar-refractivity contribution in [2.75, 3.05) is 24.3 Å². The van der Waals surface area contributed by atoms with E-state index in [0.29, 0.717) is 22.5 Å². The Morgan fingerprint density at radius 1 is 1.17 bits per heavy atom. The molecule has 2 N–H and O–H groups in total. The lowest BCUT2D eigenvalue weighted by Gasteiger charge is -2.09. The summed E-state index contributed by atoms with van der Waals surface area (Å²) in [6, 6.07) is 13.2. The molecule has 0 atom stereocenters. The van der Waals surface area contributed by atoms with Crippen LogP contribution >= 0.6 is 11.6 Å². The minimum atomic E-state index is -0.419. The Hall–Kier alpha value is -3.04. The maximum Gasteiger partial charge on any atom is 0.337 e. The number of nitrogens with one attached hydrogen (secondary N) is 2. The van der Waals surface area contributed by atoms with E-state index in [-0.39, 0.29) is 17.5 Å². The van der Waals surface area contributed by atoms with E-state index in [1.807, 2.05) is 6.07 Å². The van der Waals surface area contributed by atoms with Crippen molar-refractivity contribution >= 4 is 34.9 Å². The van der Waals surface area contributed by atoms with Crippen LogP contribution in [0.25, 0.3) is 0 Å². The summed E-state index contributed by atoms with van der Waals surface area (Å²) in [5.74, 6) is -0.690. The van der Waals surface area contributed by atoms with Crippen LogP contribution in [0.4, 0.5) is 11.4 Å². The monoisotopic (exact) mass is 343 g/mol. The second-order valence-corrected chi connectivity index (χ2v) is 5.18. The average Bonchev–Trinajstić information content (AvgIpc) is 2.60. The molecule has 7 heteroatoms. The van der Waals surface area contributed by atoms with Crippen LogP contribution in [0.15, 0.2) is 42.5 Å². The lowest BCUT2D eigenvalue weighted by molar-refractivity contribution is -0.114. The largest absolute Gasteiger partial charge is 0.465 e. The van der Waals surface area contributed by atoms with Gasteiger partial charge in [-0.15, -0.1) is 0 Å². The van der Waals surface area contributed by atoms with Gasteiger partial charge in [0, 0.05) is 11.4 Å². The number of anilines is 2. The van der Waals surface area contributed by atoms with Crippen molar-refractivity contribution in [3.8, 4) is 6.07 Å². The molecular formula is C17H14ClN3O3. The zero-order valence-electron chi connectivity index (χ0n) is 12.8. The Balaban J connectivity index is 1.90. The van der Waals surface area contributed by atoms with Crippen molar-refractivity contribution in [2.45, 2.75) is 0 Å². The molecule has 0 fully saturated rings. The van der Waals surface area contributed by atoms with E-state index in [1.54, 1.807) is 30.3 Å². The summed E-state index contributed by atoms with van der Waals surface area (Å²) in [5.41, 5.74) is 1.97. The molecule has 122 valence electrons. The molecule has 0 aliphatic rings.